The van der Waals surface area contributed by atoms with E-state index in [0.29, 0.717) is 23.7 Å². The maximum Gasteiger partial charge on any atom is 0.253 e. The van der Waals surface area contributed by atoms with Crippen LogP contribution in [0.4, 0.5) is 11.4 Å². The predicted octanol–water partition coefficient (Wildman–Crippen LogP) is 4.19. The zero-order valence-electron chi connectivity index (χ0n) is 17.1. The van der Waals surface area contributed by atoms with Crippen molar-refractivity contribution in [3.8, 4) is 0 Å². The summed E-state index contributed by atoms with van der Waals surface area (Å²) in [6, 6.07) is 6.06. The fraction of sp³-hybridized carbons (Fsp3) is 0.636. The molecule has 1 saturated heterocycles. The summed E-state index contributed by atoms with van der Waals surface area (Å²) in [6.07, 6.45) is 4.86. The minimum atomic E-state index is -0.0688. The topological polar surface area (TPSA) is 61.4 Å². The highest BCUT2D eigenvalue weighted by molar-refractivity contribution is 6.02. The smallest absolute Gasteiger partial charge is 0.253 e. The summed E-state index contributed by atoms with van der Waals surface area (Å²) in [4.78, 5) is 27.4. The molecule has 27 heavy (non-hydrogen) atoms. The number of nitrogens with zero attached hydrogens (tertiary/aromatic N) is 1. The highest BCUT2D eigenvalue weighted by Crippen LogP contribution is 2.30. The van der Waals surface area contributed by atoms with E-state index in [-0.39, 0.29) is 17.2 Å². The molecular weight excluding hydrogens is 338 g/mol. The second kappa shape index (κ2) is 7.91. The molecule has 1 aromatic rings. The van der Waals surface area contributed by atoms with Crippen LogP contribution in [0.25, 0.3) is 0 Å². The maximum absolute atomic E-state index is 12.8. The Hall–Kier alpha value is -2.04. The zero-order valence-corrected chi connectivity index (χ0v) is 17.1. The maximum atomic E-state index is 12.8. The van der Waals surface area contributed by atoms with Gasteiger partial charge in [0.2, 0.25) is 5.91 Å². The summed E-state index contributed by atoms with van der Waals surface area (Å²) < 4.78 is 0. The second-order valence-electron chi connectivity index (χ2n) is 9.43. The molecule has 5 nitrogen and oxygen atoms in total. The van der Waals surface area contributed by atoms with Gasteiger partial charge in [-0.15, -0.1) is 0 Å². The molecule has 0 unspecified atom stereocenters. The molecular formula is C22H33N3O2. The van der Waals surface area contributed by atoms with Gasteiger partial charge in [0, 0.05) is 36.9 Å². The lowest BCUT2D eigenvalue weighted by Gasteiger charge is -2.33. The second-order valence-corrected chi connectivity index (χ2v) is 9.43. The summed E-state index contributed by atoms with van der Waals surface area (Å²) in [5.74, 6) is 0.689. The zero-order chi connectivity index (χ0) is 19.6. The quantitative estimate of drug-likeness (QED) is 0.816. The normalized spacial score (nSPS) is 18.3. The van der Waals surface area contributed by atoms with Crippen LogP contribution in [0.15, 0.2) is 18.2 Å². The standard InChI is InChI=1S/C22H33N3O2/c1-15-9-11-25(12-10-15)19-8-7-17(23-20(26)14-22(2,3)4)13-18(19)21(27)24-16-5-6-16/h7-8,13,15-16H,5-6,9-12,14H2,1-4H3,(H,23,26)(H,24,27). The van der Waals surface area contributed by atoms with Gasteiger partial charge in [-0.05, 0) is 55.2 Å². The van der Waals surface area contributed by atoms with Crippen molar-refractivity contribution in [2.45, 2.75) is 65.8 Å². The molecule has 0 spiro atoms. The van der Waals surface area contributed by atoms with Crippen LogP contribution in [-0.2, 0) is 4.79 Å². The van der Waals surface area contributed by atoms with Crippen LogP contribution in [0.1, 0.15) is 70.2 Å². The van der Waals surface area contributed by atoms with Crippen molar-refractivity contribution in [3.63, 3.8) is 0 Å². The number of carbonyl (C=O) groups excluding carboxylic acids is 2. The van der Waals surface area contributed by atoms with Gasteiger partial charge in [-0.2, -0.15) is 0 Å². The van der Waals surface area contributed by atoms with Gasteiger partial charge in [0.25, 0.3) is 5.91 Å². The van der Waals surface area contributed by atoms with E-state index in [4.69, 9.17) is 0 Å². The lowest BCUT2D eigenvalue weighted by Crippen LogP contribution is -2.35. The van der Waals surface area contributed by atoms with Crippen molar-refractivity contribution in [1.29, 1.82) is 0 Å². The van der Waals surface area contributed by atoms with Gasteiger partial charge >= 0.3 is 0 Å². The highest BCUT2D eigenvalue weighted by atomic mass is 16.2. The van der Waals surface area contributed by atoms with Gasteiger partial charge in [-0.1, -0.05) is 27.7 Å². The average molecular weight is 372 g/mol. The fourth-order valence-electron chi connectivity index (χ4n) is 3.50. The largest absolute Gasteiger partial charge is 0.371 e. The molecule has 2 N–H and O–H groups in total. The molecule has 3 rings (SSSR count). The van der Waals surface area contributed by atoms with E-state index >= 15 is 0 Å². The number of amides is 2. The first kappa shape index (κ1) is 19.7. The van der Waals surface area contributed by atoms with Gasteiger partial charge in [-0.25, -0.2) is 0 Å². The van der Waals surface area contributed by atoms with Crippen LogP contribution in [-0.4, -0.2) is 30.9 Å². The minimum Gasteiger partial charge on any atom is -0.371 e. The van der Waals surface area contributed by atoms with Crippen molar-refractivity contribution in [3.05, 3.63) is 23.8 Å². The van der Waals surface area contributed by atoms with Gasteiger partial charge in [0.05, 0.1) is 5.56 Å². The third-order valence-corrected chi connectivity index (χ3v) is 5.25. The van der Waals surface area contributed by atoms with E-state index < -0.39 is 0 Å². The van der Waals surface area contributed by atoms with Gasteiger partial charge in [0.1, 0.15) is 0 Å². The monoisotopic (exact) mass is 371 g/mol. The van der Waals surface area contributed by atoms with Crippen LogP contribution in [0, 0.1) is 11.3 Å². The Labute approximate surface area is 162 Å². The Morgan fingerprint density at radius 3 is 2.37 bits per heavy atom. The lowest BCUT2D eigenvalue weighted by molar-refractivity contribution is -0.117. The van der Waals surface area contributed by atoms with Crippen LogP contribution < -0.4 is 15.5 Å². The number of rotatable bonds is 5. The molecule has 2 amide bonds. The van der Waals surface area contributed by atoms with Gasteiger partial charge in [-0.3, -0.25) is 9.59 Å². The molecule has 0 radical (unpaired) electrons. The van der Waals surface area contributed by atoms with Gasteiger partial charge in [0.15, 0.2) is 0 Å². The molecule has 0 bridgehead atoms. The first-order valence-corrected chi connectivity index (χ1v) is 10.2. The van der Waals surface area contributed by atoms with Crippen molar-refractivity contribution in [1.82, 2.24) is 5.32 Å². The third-order valence-electron chi connectivity index (χ3n) is 5.25. The number of hydrogen-bond donors (Lipinski definition) is 2. The van der Waals surface area contributed by atoms with E-state index in [9.17, 15) is 9.59 Å². The van der Waals surface area contributed by atoms with Crippen LogP contribution >= 0.6 is 0 Å². The molecule has 1 saturated carbocycles. The Bertz CT molecular complexity index is 696. The third kappa shape index (κ3) is 5.72. The molecule has 0 atom stereocenters. The first-order valence-electron chi connectivity index (χ1n) is 10.2. The first-order chi connectivity index (χ1) is 12.7. The minimum absolute atomic E-state index is 0.0180. The summed E-state index contributed by atoms with van der Waals surface area (Å²) in [5, 5.41) is 6.06. The van der Waals surface area contributed by atoms with Crippen molar-refractivity contribution in [2.24, 2.45) is 11.3 Å². The Morgan fingerprint density at radius 2 is 1.78 bits per heavy atom. The number of carbonyl (C=O) groups is 2. The van der Waals surface area contributed by atoms with Crippen LogP contribution in [0.5, 0.6) is 0 Å². The number of anilines is 2. The summed E-state index contributed by atoms with van der Waals surface area (Å²) in [7, 11) is 0. The molecule has 1 aliphatic heterocycles. The molecule has 2 fully saturated rings. The van der Waals surface area contributed by atoms with E-state index in [1.807, 2.05) is 39.0 Å². The van der Waals surface area contributed by atoms with Crippen molar-refractivity contribution < 1.29 is 9.59 Å². The summed E-state index contributed by atoms with van der Waals surface area (Å²) >= 11 is 0. The molecule has 1 aliphatic carbocycles. The van der Waals surface area contributed by atoms with E-state index in [1.54, 1.807) is 0 Å². The molecule has 2 aliphatic rings. The molecule has 1 heterocycles. The fourth-order valence-corrected chi connectivity index (χ4v) is 3.50. The lowest BCUT2D eigenvalue weighted by atomic mass is 9.92. The number of benzene rings is 1. The van der Waals surface area contributed by atoms with Crippen LogP contribution in [0.2, 0.25) is 0 Å². The Morgan fingerprint density at radius 1 is 1.11 bits per heavy atom. The summed E-state index contributed by atoms with van der Waals surface area (Å²) in [6.45, 7) is 10.4. The van der Waals surface area contributed by atoms with Gasteiger partial charge < -0.3 is 15.5 Å². The summed E-state index contributed by atoms with van der Waals surface area (Å²) in [5.41, 5.74) is 2.28. The number of piperidine rings is 1. The van der Waals surface area contributed by atoms with E-state index in [1.165, 1.54) is 0 Å². The van der Waals surface area contributed by atoms with Crippen molar-refractivity contribution in [2.75, 3.05) is 23.3 Å². The molecule has 1 aromatic carbocycles. The number of nitrogens with one attached hydrogen (secondary N) is 2. The molecule has 148 valence electrons. The Kier molecular flexibility index (Phi) is 5.78. The SMILES string of the molecule is CC1CCN(c2ccc(NC(=O)CC(C)(C)C)cc2C(=O)NC2CC2)CC1. The van der Waals surface area contributed by atoms with Crippen LogP contribution in [0.3, 0.4) is 0 Å². The van der Waals surface area contributed by atoms with E-state index in [2.05, 4.69) is 22.5 Å². The van der Waals surface area contributed by atoms with E-state index in [0.717, 1.165) is 50.4 Å². The molecule has 0 aromatic heterocycles. The highest BCUT2D eigenvalue weighted by Gasteiger charge is 2.27. The average Bonchev–Trinajstić information content (AvgIpc) is 3.38. The van der Waals surface area contributed by atoms with Crippen molar-refractivity contribution >= 4 is 23.2 Å². The Balaban J connectivity index is 1.80. The molecule has 5 heteroatoms. The number of hydrogen-bond acceptors (Lipinski definition) is 3. The predicted molar refractivity (Wildman–Crippen MR) is 110 cm³/mol.